The minimum atomic E-state index is 0.641. The van der Waals surface area contributed by atoms with Gasteiger partial charge in [0.25, 0.3) is 0 Å². The van der Waals surface area contributed by atoms with Crippen LogP contribution in [0, 0.1) is 0 Å². The van der Waals surface area contributed by atoms with Gasteiger partial charge in [0.05, 0.1) is 0 Å². The van der Waals surface area contributed by atoms with Gasteiger partial charge in [-0.25, -0.2) is 0 Å². The van der Waals surface area contributed by atoms with Gasteiger partial charge in [0.2, 0.25) is 0 Å². The number of ether oxygens (including phenoxy) is 2. The summed E-state index contributed by atoms with van der Waals surface area (Å²) in [6, 6.07) is 6.76. The fraction of sp³-hybridized carbons (Fsp3) is 0.538. The molecule has 0 amide bonds. The zero-order valence-electron chi connectivity index (χ0n) is 9.37. The van der Waals surface area contributed by atoms with E-state index in [1.54, 1.807) is 0 Å². The van der Waals surface area contributed by atoms with Gasteiger partial charge in [-0.3, -0.25) is 0 Å². The van der Waals surface area contributed by atoms with Crippen LogP contribution in [0.2, 0.25) is 0 Å². The Hall–Kier alpha value is -1.38. The monoisotopic (exact) mass is 219 g/mol. The summed E-state index contributed by atoms with van der Waals surface area (Å²) in [5, 5.41) is 3.56. The van der Waals surface area contributed by atoms with E-state index in [9.17, 15) is 0 Å². The third kappa shape index (κ3) is 1.94. The van der Waals surface area contributed by atoms with E-state index in [4.69, 9.17) is 9.47 Å². The highest BCUT2D eigenvalue weighted by atomic mass is 16.6. The predicted octanol–water partition coefficient (Wildman–Crippen LogP) is 2.81. The first-order valence-corrected chi connectivity index (χ1v) is 6.08. The Balaban J connectivity index is 1.74. The molecule has 1 N–H and O–H groups in total. The second kappa shape index (κ2) is 4.24. The number of benzene rings is 1. The van der Waals surface area contributed by atoms with Gasteiger partial charge >= 0.3 is 0 Å². The van der Waals surface area contributed by atoms with E-state index in [-0.39, 0.29) is 0 Å². The fourth-order valence-electron chi connectivity index (χ4n) is 2.44. The SMILES string of the molecule is c1cc2c(cc1NC1CCCC1)OCCO2. The van der Waals surface area contributed by atoms with Crippen molar-refractivity contribution in [2.75, 3.05) is 18.5 Å². The lowest BCUT2D eigenvalue weighted by Crippen LogP contribution is -2.17. The van der Waals surface area contributed by atoms with Crippen molar-refractivity contribution >= 4 is 5.69 Å². The van der Waals surface area contributed by atoms with Gasteiger partial charge in [-0.2, -0.15) is 0 Å². The topological polar surface area (TPSA) is 30.5 Å². The molecule has 3 rings (SSSR count). The van der Waals surface area contributed by atoms with Crippen molar-refractivity contribution < 1.29 is 9.47 Å². The summed E-state index contributed by atoms with van der Waals surface area (Å²) in [5.74, 6) is 1.73. The van der Waals surface area contributed by atoms with Crippen molar-refractivity contribution in [3.05, 3.63) is 18.2 Å². The molecule has 3 heteroatoms. The molecule has 1 heterocycles. The zero-order valence-corrected chi connectivity index (χ0v) is 9.37. The molecule has 0 unspecified atom stereocenters. The molecule has 0 aromatic heterocycles. The smallest absolute Gasteiger partial charge is 0.163 e. The van der Waals surface area contributed by atoms with E-state index < -0.39 is 0 Å². The Morgan fingerprint density at radius 1 is 1.00 bits per heavy atom. The Bertz CT molecular complexity index is 372. The van der Waals surface area contributed by atoms with Gasteiger partial charge < -0.3 is 14.8 Å². The Labute approximate surface area is 95.8 Å². The minimum absolute atomic E-state index is 0.641. The van der Waals surface area contributed by atoms with Gasteiger partial charge in [0.15, 0.2) is 11.5 Å². The highest BCUT2D eigenvalue weighted by Gasteiger charge is 2.16. The van der Waals surface area contributed by atoms with Crippen LogP contribution in [0.5, 0.6) is 11.5 Å². The van der Waals surface area contributed by atoms with Crippen molar-refractivity contribution in [1.29, 1.82) is 0 Å². The standard InChI is InChI=1S/C13H17NO2/c1-2-4-10(3-1)14-11-5-6-12-13(9-11)16-8-7-15-12/h5-6,9-10,14H,1-4,7-8H2. The summed E-state index contributed by atoms with van der Waals surface area (Å²) in [6.45, 7) is 1.31. The summed E-state index contributed by atoms with van der Waals surface area (Å²) in [5.41, 5.74) is 1.15. The summed E-state index contributed by atoms with van der Waals surface area (Å²) in [7, 11) is 0. The van der Waals surface area contributed by atoms with Gasteiger partial charge in [-0.05, 0) is 25.0 Å². The maximum atomic E-state index is 5.56. The normalized spacial score (nSPS) is 19.8. The minimum Gasteiger partial charge on any atom is -0.486 e. The van der Waals surface area contributed by atoms with Crippen LogP contribution in [0.1, 0.15) is 25.7 Å². The highest BCUT2D eigenvalue weighted by molar-refractivity contribution is 5.55. The van der Waals surface area contributed by atoms with Crippen molar-refractivity contribution in [2.45, 2.75) is 31.7 Å². The van der Waals surface area contributed by atoms with Crippen molar-refractivity contribution in [1.82, 2.24) is 0 Å². The molecule has 1 aromatic carbocycles. The third-order valence-electron chi connectivity index (χ3n) is 3.27. The lowest BCUT2D eigenvalue weighted by molar-refractivity contribution is 0.171. The van der Waals surface area contributed by atoms with E-state index in [0.29, 0.717) is 19.3 Å². The number of nitrogens with one attached hydrogen (secondary N) is 1. The lowest BCUT2D eigenvalue weighted by Gasteiger charge is -2.20. The molecule has 1 saturated carbocycles. The molecule has 1 aliphatic carbocycles. The van der Waals surface area contributed by atoms with Crippen molar-refractivity contribution in [3.8, 4) is 11.5 Å². The largest absolute Gasteiger partial charge is 0.486 e. The molecule has 0 radical (unpaired) electrons. The van der Waals surface area contributed by atoms with Gasteiger partial charge in [0.1, 0.15) is 13.2 Å². The van der Waals surface area contributed by atoms with Crippen LogP contribution in [-0.4, -0.2) is 19.3 Å². The Kier molecular flexibility index (Phi) is 2.60. The lowest BCUT2D eigenvalue weighted by atomic mass is 10.2. The van der Waals surface area contributed by atoms with E-state index in [1.165, 1.54) is 25.7 Å². The molecule has 0 atom stereocenters. The third-order valence-corrected chi connectivity index (χ3v) is 3.27. The number of anilines is 1. The molecule has 0 spiro atoms. The van der Waals surface area contributed by atoms with Crippen LogP contribution < -0.4 is 14.8 Å². The highest BCUT2D eigenvalue weighted by Crippen LogP contribution is 2.33. The predicted molar refractivity (Wildman–Crippen MR) is 63.3 cm³/mol. The first kappa shape index (κ1) is 9.82. The van der Waals surface area contributed by atoms with Gasteiger partial charge in [-0.1, -0.05) is 12.8 Å². The van der Waals surface area contributed by atoms with Crippen LogP contribution in [0.3, 0.4) is 0 Å². The number of fused-ring (bicyclic) bond motifs is 1. The average molecular weight is 219 g/mol. The molecule has 1 aliphatic heterocycles. The fourth-order valence-corrected chi connectivity index (χ4v) is 2.44. The summed E-state index contributed by atoms with van der Waals surface area (Å²) in [4.78, 5) is 0. The number of hydrogen-bond acceptors (Lipinski definition) is 3. The number of hydrogen-bond donors (Lipinski definition) is 1. The van der Waals surface area contributed by atoms with Crippen LogP contribution in [0.15, 0.2) is 18.2 Å². The molecular weight excluding hydrogens is 202 g/mol. The molecule has 16 heavy (non-hydrogen) atoms. The summed E-state index contributed by atoms with van der Waals surface area (Å²) >= 11 is 0. The second-order valence-corrected chi connectivity index (χ2v) is 4.48. The quantitative estimate of drug-likeness (QED) is 0.829. The van der Waals surface area contributed by atoms with Gasteiger partial charge in [0, 0.05) is 17.8 Å². The Morgan fingerprint density at radius 3 is 2.56 bits per heavy atom. The maximum Gasteiger partial charge on any atom is 0.163 e. The second-order valence-electron chi connectivity index (χ2n) is 4.48. The molecular formula is C13H17NO2. The molecule has 0 bridgehead atoms. The van der Waals surface area contributed by atoms with Gasteiger partial charge in [-0.15, -0.1) is 0 Å². The summed E-state index contributed by atoms with van der Waals surface area (Å²) < 4.78 is 11.1. The van der Waals surface area contributed by atoms with Crippen molar-refractivity contribution in [3.63, 3.8) is 0 Å². The zero-order chi connectivity index (χ0) is 10.8. The average Bonchev–Trinajstić information content (AvgIpc) is 2.82. The molecule has 3 nitrogen and oxygen atoms in total. The first-order valence-electron chi connectivity index (χ1n) is 6.08. The molecule has 2 aliphatic rings. The van der Waals surface area contributed by atoms with Crippen LogP contribution in [0.4, 0.5) is 5.69 Å². The van der Waals surface area contributed by atoms with Crippen molar-refractivity contribution in [2.24, 2.45) is 0 Å². The molecule has 86 valence electrons. The molecule has 1 fully saturated rings. The summed E-state index contributed by atoms with van der Waals surface area (Å²) in [6.07, 6.45) is 5.27. The van der Waals surface area contributed by atoms with E-state index >= 15 is 0 Å². The van der Waals surface area contributed by atoms with E-state index in [2.05, 4.69) is 11.4 Å². The maximum absolute atomic E-state index is 5.56. The Morgan fingerprint density at radius 2 is 1.75 bits per heavy atom. The van der Waals surface area contributed by atoms with Crippen LogP contribution in [0.25, 0.3) is 0 Å². The van der Waals surface area contributed by atoms with Crippen LogP contribution in [-0.2, 0) is 0 Å². The molecule has 1 aromatic rings. The first-order chi connectivity index (χ1) is 7.92. The number of rotatable bonds is 2. The van der Waals surface area contributed by atoms with E-state index in [1.807, 2.05) is 12.1 Å². The molecule has 0 saturated heterocycles. The van der Waals surface area contributed by atoms with E-state index in [0.717, 1.165) is 17.2 Å². The van der Waals surface area contributed by atoms with Crippen LogP contribution >= 0.6 is 0 Å².